The molecular weight excluding hydrogens is 513 g/mol. The minimum Gasteiger partial charge on any atom is -0.377 e. The summed E-state index contributed by atoms with van der Waals surface area (Å²) in [7, 11) is 0. The van der Waals surface area contributed by atoms with E-state index in [0.29, 0.717) is 75.5 Å². The average molecular weight is 552 g/mol. The summed E-state index contributed by atoms with van der Waals surface area (Å²) in [5.41, 5.74) is 1.42. The summed E-state index contributed by atoms with van der Waals surface area (Å²) < 4.78 is 24.7. The lowest BCUT2D eigenvalue weighted by atomic mass is 9.96. The van der Waals surface area contributed by atoms with Crippen LogP contribution in [0, 0.1) is 5.82 Å². The molecule has 1 amide bonds. The Bertz CT molecular complexity index is 1180. The van der Waals surface area contributed by atoms with Crippen LogP contribution in [-0.4, -0.2) is 66.4 Å². The quantitative estimate of drug-likeness (QED) is 0.194. The van der Waals surface area contributed by atoms with Crippen molar-refractivity contribution >= 4 is 23.8 Å². The second-order valence-corrected chi connectivity index (χ2v) is 9.54. The Morgan fingerprint density at radius 2 is 1.50 bits per heavy atom. The van der Waals surface area contributed by atoms with Crippen molar-refractivity contribution in [2.24, 2.45) is 0 Å². The van der Waals surface area contributed by atoms with E-state index in [4.69, 9.17) is 9.47 Å². The molecule has 0 atom stereocenters. The number of ether oxygens (including phenoxy) is 2. The maximum atomic E-state index is 13.6. The van der Waals surface area contributed by atoms with Crippen LogP contribution in [0.3, 0.4) is 0 Å². The van der Waals surface area contributed by atoms with Gasteiger partial charge in [0.1, 0.15) is 5.82 Å². The first-order valence-corrected chi connectivity index (χ1v) is 13.9. The Hall–Kier alpha value is -3.83. The van der Waals surface area contributed by atoms with E-state index >= 15 is 0 Å². The van der Waals surface area contributed by atoms with E-state index in [2.05, 4.69) is 36.2 Å². The van der Waals surface area contributed by atoms with Crippen LogP contribution >= 0.6 is 0 Å². The lowest BCUT2D eigenvalue weighted by Gasteiger charge is -2.23. The van der Waals surface area contributed by atoms with Gasteiger partial charge in [-0.25, -0.2) is 4.39 Å². The molecule has 2 aromatic carbocycles. The highest BCUT2D eigenvalue weighted by molar-refractivity contribution is 5.94. The molecule has 1 aliphatic rings. The number of hydrogen-bond donors (Lipinski definition) is 4. The summed E-state index contributed by atoms with van der Waals surface area (Å²) in [5.74, 6) is 0.962. The molecule has 0 saturated heterocycles. The number of nitrogens with zero attached hydrogens (tertiary/aromatic N) is 3. The van der Waals surface area contributed by atoms with Crippen LogP contribution in [-0.2, 0) is 16.0 Å². The molecule has 11 heteroatoms. The van der Waals surface area contributed by atoms with Crippen LogP contribution in [0.1, 0.15) is 48.0 Å². The Morgan fingerprint density at radius 1 is 0.800 bits per heavy atom. The van der Waals surface area contributed by atoms with Gasteiger partial charge < -0.3 is 30.7 Å². The van der Waals surface area contributed by atoms with E-state index in [-0.39, 0.29) is 11.7 Å². The smallest absolute Gasteiger partial charge is 0.251 e. The van der Waals surface area contributed by atoms with E-state index in [1.165, 1.54) is 31.4 Å². The Labute approximate surface area is 234 Å². The average Bonchev–Trinajstić information content (AvgIpc) is 2.98. The third-order valence-electron chi connectivity index (χ3n) is 6.38. The first-order chi connectivity index (χ1) is 19.7. The number of carbonyl (C=O) groups is 1. The number of halogens is 1. The van der Waals surface area contributed by atoms with Gasteiger partial charge in [-0.15, -0.1) is 0 Å². The molecule has 1 aliphatic carbocycles. The van der Waals surface area contributed by atoms with Crippen molar-refractivity contribution in [3.63, 3.8) is 0 Å². The number of nitrogens with one attached hydrogen (secondary N) is 4. The molecule has 0 spiro atoms. The number of carbonyl (C=O) groups excluding carboxylic acids is 1. The van der Waals surface area contributed by atoms with Gasteiger partial charge in [0.05, 0.1) is 26.4 Å². The first-order valence-electron chi connectivity index (χ1n) is 13.9. The van der Waals surface area contributed by atoms with Gasteiger partial charge in [-0.05, 0) is 42.7 Å². The van der Waals surface area contributed by atoms with Gasteiger partial charge in [-0.2, -0.15) is 15.0 Å². The Kier molecular flexibility index (Phi) is 11.9. The molecule has 40 heavy (non-hydrogen) atoms. The van der Waals surface area contributed by atoms with Crippen molar-refractivity contribution in [2.45, 2.75) is 44.7 Å². The van der Waals surface area contributed by atoms with Crippen LogP contribution in [0.5, 0.6) is 0 Å². The van der Waals surface area contributed by atoms with Crippen LogP contribution in [0.25, 0.3) is 0 Å². The lowest BCUT2D eigenvalue weighted by molar-refractivity contribution is 0.0519. The number of anilines is 3. The molecule has 3 aromatic rings. The number of hydrogen-bond acceptors (Lipinski definition) is 9. The molecule has 1 heterocycles. The van der Waals surface area contributed by atoms with Crippen molar-refractivity contribution in [3.05, 3.63) is 71.5 Å². The largest absolute Gasteiger partial charge is 0.377 e. The van der Waals surface area contributed by atoms with E-state index in [9.17, 15) is 9.18 Å². The maximum Gasteiger partial charge on any atom is 0.251 e. The van der Waals surface area contributed by atoms with Crippen LogP contribution in [0.4, 0.5) is 22.2 Å². The summed E-state index contributed by atoms with van der Waals surface area (Å²) in [6.45, 7) is 3.04. The highest BCUT2D eigenvalue weighted by Gasteiger charge is 2.16. The second-order valence-electron chi connectivity index (χ2n) is 9.54. The normalized spacial score (nSPS) is 13.5. The second kappa shape index (κ2) is 16.3. The molecule has 1 fully saturated rings. The predicted molar refractivity (Wildman–Crippen MR) is 153 cm³/mol. The molecule has 4 N–H and O–H groups in total. The summed E-state index contributed by atoms with van der Waals surface area (Å²) in [6, 6.07) is 15.8. The summed E-state index contributed by atoms with van der Waals surface area (Å²) >= 11 is 0. The molecule has 10 nitrogen and oxygen atoms in total. The van der Waals surface area contributed by atoms with E-state index in [0.717, 1.165) is 18.4 Å². The van der Waals surface area contributed by atoms with Gasteiger partial charge >= 0.3 is 0 Å². The molecule has 4 rings (SSSR count). The van der Waals surface area contributed by atoms with Gasteiger partial charge in [0, 0.05) is 31.2 Å². The molecule has 1 aromatic heterocycles. The van der Waals surface area contributed by atoms with Gasteiger partial charge in [0.2, 0.25) is 17.8 Å². The molecule has 0 aliphatic heterocycles. The zero-order chi connectivity index (χ0) is 27.8. The molecule has 0 radical (unpaired) electrons. The number of benzene rings is 2. The van der Waals surface area contributed by atoms with Crippen molar-refractivity contribution in [1.82, 2.24) is 20.3 Å². The van der Waals surface area contributed by atoms with E-state index in [1.54, 1.807) is 18.2 Å². The number of rotatable bonds is 16. The minimum absolute atomic E-state index is 0.116. The van der Waals surface area contributed by atoms with Crippen molar-refractivity contribution in [2.75, 3.05) is 55.5 Å². The summed E-state index contributed by atoms with van der Waals surface area (Å²) in [5, 5.41) is 12.6. The fourth-order valence-electron chi connectivity index (χ4n) is 4.34. The number of aromatic nitrogens is 3. The van der Waals surface area contributed by atoms with Crippen LogP contribution in [0.2, 0.25) is 0 Å². The fourth-order valence-corrected chi connectivity index (χ4v) is 4.34. The number of amides is 1. The summed E-state index contributed by atoms with van der Waals surface area (Å²) in [4.78, 5) is 25.5. The molecule has 0 bridgehead atoms. The zero-order valence-corrected chi connectivity index (χ0v) is 22.7. The van der Waals surface area contributed by atoms with Crippen molar-refractivity contribution in [3.8, 4) is 0 Å². The van der Waals surface area contributed by atoms with E-state index in [1.807, 2.05) is 24.3 Å². The van der Waals surface area contributed by atoms with Gasteiger partial charge in [0.15, 0.2) is 0 Å². The Morgan fingerprint density at radius 3 is 2.25 bits per heavy atom. The minimum atomic E-state index is -0.280. The lowest BCUT2D eigenvalue weighted by Crippen LogP contribution is -2.27. The van der Waals surface area contributed by atoms with Gasteiger partial charge in [0.25, 0.3) is 5.91 Å². The van der Waals surface area contributed by atoms with Gasteiger partial charge in [-0.3, -0.25) is 4.79 Å². The monoisotopic (exact) mass is 551 g/mol. The Balaban J connectivity index is 1.16. The standard InChI is InChI=1S/C29H38FN7O3/c30-24-11-7-8-22(20-24)21-33-28-35-27(36-29(37-28)34-25-12-5-2-6-13-25)32-15-17-40-19-18-39-16-14-31-26(38)23-9-3-1-4-10-23/h1,3-4,7-11,20,25H,2,5-6,12-19,21H2,(H,31,38)(H3,32,33,34,35,36,37). The zero-order valence-electron chi connectivity index (χ0n) is 22.7. The molecular formula is C29H38FN7O3. The molecule has 0 unspecified atom stereocenters. The third kappa shape index (κ3) is 10.4. The van der Waals surface area contributed by atoms with Crippen molar-refractivity contribution in [1.29, 1.82) is 0 Å². The topological polar surface area (TPSA) is 122 Å². The third-order valence-corrected chi connectivity index (χ3v) is 6.38. The van der Waals surface area contributed by atoms with E-state index < -0.39 is 0 Å². The van der Waals surface area contributed by atoms with Crippen LogP contribution < -0.4 is 21.3 Å². The van der Waals surface area contributed by atoms with Crippen LogP contribution in [0.15, 0.2) is 54.6 Å². The SMILES string of the molecule is O=C(NCCOCCOCCNc1nc(NCc2cccc(F)c2)nc(NC2CCCCC2)n1)c1ccccc1. The highest BCUT2D eigenvalue weighted by atomic mass is 19.1. The highest BCUT2D eigenvalue weighted by Crippen LogP contribution is 2.21. The first kappa shape index (κ1) is 29.2. The van der Waals surface area contributed by atoms with Gasteiger partial charge in [-0.1, -0.05) is 49.6 Å². The maximum absolute atomic E-state index is 13.6. The summed E-state index contributed by atoms with van der Waals surface area (Å²) in [6.07, 6.45) is 5.84. The van der Waals surface area contributed by atoms with Crippen molar-refractivity contribution < 1.29 is 18.7 Å². The predicted octanol–water partition coefficient (Wildman–Crippen LogP) is 4.24. The fraction of sp³-hybridized carbons (Fsp3) is 0.448. The molecule has 1 saturated carbocycles. The molecule has 214 valence electrons.